The molecular formula is C38H30O2. The lowest BCUT2D eigenvalue weighted by Crippen LogP contribution is -2.23. The summed E-state index contributed by atoms with van der Waals surface area (Å²) in [6.07, 6.45) is 3.61. The Labute approximate surface area is 235 Å². The highest BCUT2D eigenvalue weighted by atomic mass is 16.5. The fraction of sp³-hybridized carbons (Fsp3) is 0.132. The molecule has 2 aliphatic rings. The minimum atomic E-state index is -0.358. The summed E-state index contributed by atoms with van der Waals surface area (Å²) in [5, 5.41) is 2.61. The number of ether oxygens (including phenoxy) is 1. The van der Waals surface area contributed by atoms with Gasteiger partial charge < -0.3 is 4.74 Å². The van der Waals surface area contributed by atoms with Crippen LogP contribution in [0.25, 0.3) is 55.3 Å². The fourth-order valence-corrected chi connectivity index (χ4v) is 6.86. The predicted molar refractivity (Wildman–Crippen MR) is 165 cm³/mol. The van der Waals surface area contributed by atoms with Crippen molar-refractivity contribution in [1.29, 1.82) is 0 Å². The average molecular weight is 519 g/mol. The van der Waals surface area contributed by atoms with Crippen LogP contribution in [0.4, 0.5) is 0 Å². The van der Waals surface area contributed by atoms with E-state index >= 15 is 0 Å². The monoisotopic (exact) mass is 518 g/mol. The molecule has 5 aromatic carbocycles. The zero-order valence-corrected chi connectivity index (χ0v) is 22.7. The van der Waals surface area contributed by atoms with E-state index in [1.807, 2.05) is 0 Å². The molecule has 0 heterocycles. The van der Waals surface area contributed by atoms with Crippen LogP contribution < -0.4 is 0 Å². The first kappa shape index (κ1) is 24.4. The van der Waals surface area contributed by atoms with E-state index in [1.165, 1.54) is 66.4 Å². The molecule has 1 unspecified atom stereocenters. The van der Waals surface area contributed by atoms with Gasteiger partial charge in [-0.25, -0.2) is 4.79 Å². The third-order valence-corrected chi connectivity index (χ3v) is 8.70. The quantitative estimate of drug-likeness (QED) is 0.0910. The Hall–Kier alpha value is -4.69. The van der Waals surface area contributed by atoms with Crippen LogP contribution in [0.5, 0.6) is 0 Å². The molecule has 5 aromatic rings. The summed E-state index contributed by atoms with van der Waals surface area (Å²) in [5.41, 5.74) is 12.8. The molecule has 40 heavy (non-hydrogen) atoms. The zero-order chi connectivity index (χ0) is 27.4. The van der Waals surface area contributed by atoms with Crippen LogP contribution in [-0.4, -0.2) is 12.6 Å². The van der Waals surface area contributed by atoms with Crippen LogP contribution >= 0.6 is 0 Å². The maximum Gasteiger partial charge on any atom is 0.333 e. The summed E-state index contributed by atoms with van der Waals surface area (Å²) in [7, 11) is 0. The Balaban J connectivity index is 1.34. The lowest BCUT2D eigenvalue weighted by molar-refractivity contribution is -0.139. The Bertz CT molecular complexity index is 1850. The Morgan fingerprint density at radius 2 is 1.38 bits per heavy atom. The molecule has 0 aliphatic heterocycles. The first-order valence-corrected chi connectivity index (χ1v) is 13.9. The molecule has 2 nitrogen and oxygen atoms in total. The van der Waals surface area contributed by atoms with E-state index in [0.717, 1.165) is 12.8 Å². The van der Waals surface area contributed by atoms with Crippen molar-refractivity contribution in [3.8, 4) is 44.5 Å². The fourth-order valence-electron chi connectivity index (χ4n) is 6.86. The molecule has 0 radical (unpaired) electrons. The van der Waals surface area contributed by atoms with Gasteiger partial charge >= 0.3 is 5.97 Å². The van der Waals surface area contributed by atoms with E-state index in [9.17, 15) is 4.79 Å². The van der Waals surface area contributed by atoms with Crippen LogP contribution in [0.1, 0.15) is 30.9 Å². The Morgan fingerprint density at radius 3 is 2.12 bits per heavy atom. The number of hydrogen-bond acceptors (Lipinski definition) is 2. The maximum absolute atomic E-state index is 12.0. The Morgan fingerprint density at radius 1 is 0.750 bits per heavy atom. The number of rotatable bonds is 7. The largest absolute Gasteiger partial charge is 0.462 e. The predicted octanol–water partition coefficient (Wildman–Crippen LogP) is 9.51. The van der Waals surface area contributed by atoms with Gasteiger partial charge in [0.25, 0.3) is 0 Å². The summed E-state index contributed by atoms with van der Waals surface area (Å²) in [5.74, 6) is -0.337. The lowest BCUT2D eigenvalue weighted by Gasteiger charge is -2.29. The normalized spacial score (nSPS) is 15.8. The first-order chi connectivity index (χ1) is 19.5. The molecule has 1 atom stereocenters. The van der Waals surface area contributed by atoms with E-state index in [1.54, 1.807) is 6.92 Å². The molecule has 0 amide bonds. The third kappa shape index (κ3) is 3.46. The third-order valence-electron chi connectivity index (χ3n) is 8.70. The Kier molecular flexibility index (Phi) is 5.61. The number of esters is 1. The second-order valence-electron chi connectivity index (χ2n) is 10.9. The van der Waals surface area contributed by atoms with Crippen LogP contribution in [0.15, 0.2) is 122 Å². The molecule has 0 saturated carbocycles. The van der Waals surface area contributed by atoms with Crippen LogP contribution in [0, 0.1) is 0 Å². The van der Waals surface area contributed by atoms with Gasteiger partial charge in [-0.15, -0.1) is 6.58 Å². The average Bonchev–Trinajstić information content (AvgIpc) is 3.47. The van der Waals surface area contributed by atoms with Crippen molar-refractivity contribution in [2.24, 2.45) is 0 Å². The number of carbonyl (C=O) groups is 1. The highest BCUT2D eigenvalue weighted by Crippen LogP contribution is 2.54. The number of carbonyl (C=O) groups excluding carboxylic acids is 1. The van der Waals surface area contributed by atoms with Gasteiger partial charge in [0.05, 0.1) is 6.61 Å². The summed E-state index contributed by atoms with van der Waals surface area (Å²) < 4.78 is 5.45. The van der Waals surface area contributed by atoms with Crippen LogP contribution in [-0.2, 0) is 14.9 Å². The topological polar surface area (TPSA) is 26.3 Å². The summed E-state index contributed by atoms with van der Waals surface area (Å²) in [4.78, 5) is 12.0. The summed E-state index contributed by atoms with van der Waals surface area (Å²) in [6, 6.07) is 35.4. The van der Waals surface area contributed by atoms with Gasteiger partial charge in [0.1, 0.15) is 0 Å². The number of hydrogen-bond donors (Lipinski definition) is 0. The lowest BCUT2D eigenvalue weighted by atomic mass is 9.74. The molecule has 7 rings (SSSR count). The van der Waals surface area contributed by atoms with E-state index in [4.69, 9.17) is 4.74 Å². The van der Waals surface area contributed by atoms with Crippen molar-refractivity contribution >= 4 is 16.7 Å². The molecule has 0 fully saturated rings. The highest BCUT2D eigenvalue weighted by molar-refractivity contribution is 6.18. The summed E-state index contributed by atoms with van der Waals surface area (Å²) >= 11 is 0. The second kappa shape index (κ2) is 9.20. The molecule has 0 saturated heterocycles. The van der Waals surface area contributed by atoms with Crippen molar-refractivity contribution in [3.05, 3.63) is 133 Å². The minimum absolute atomic E-state index is 0.337. The molecule has 2 aliphatic carbocycles. The van der Waals surface area contributed by atoms with Gasteiger partial charge in [-0.05, 0) is 92.2 Å². The van der Waals surface area contributed by atoms with Gasteiger partial charge in [0, 0.05) is 11.0 Å². The molecule has 0 spiro atoms. The van der Waals surface area contributed by atoms with Gasteiger partial charge in [-0.2, -0.15) is 0 Å². The number of allylic oxidation sites excluding steroid dienone is 1. The molecule has 0 aromatic heterocycles. The van der Waals surface area contributed by atoms with E-state index < -0.39 is 0 Å². The van der Waals surface area contributed by atoms with Gasteiger partial charge in [-0.3, -0.25) is 0 Å². The van der Waals surface area contributed by atoms with Crippen molar-refractivity contribution in [2.45, 2.75) is 25.2 Å². The van der Waals surface area contributed by atoms with Gasteiger partial charge in [-0.1, -0.05) is 104 Å². The minimum Gasteiger partial charge on any atom is -0.462 e. The van der Waals surface area contributed by atoms with Crippen molar-refractivity contribution in [2.75, 3.05) is 6.61 Å². The molecule has 194 valence electrons. The van der Waals surface area contributed by atoms with E-state index in [2.05, 4.69) is 116 Å². The SMILES string of the molecule is C=CC1(CCCOC(=O)C(=C)C)c2ccccc2-c2ccc(-c3ccc4c5c(cccc35)-c3ccccc3-4)cc21. The number of benzene rings is 5. The van der Waals surface area contributed by atoms with Gasteiger partial charge in [0.15, 0.2) is 0 Å². The smallest absolute Gasteiger partial charge is 0.333 e. The molecule has 0 bridgehead atoms. The molecular weight excluding hydrogens is 488 g/mol. The van der Waals surface area contributed by atoms with Crippen LogP contribution in [0.2, 0.25) is 0 Å². The zero-order valence-electron chi connectivity index (χ0n) is 22.7. The van der Waals surface area contributed by atoms with Gasteiger partial charge in [0.2, 0.25) is 0 Å². The molecule has 0 N–H and O–H groups in total. The van der Waals surface area contributed by atoms with Crippen molar-refractivity contribution < 1.29 is 9.53 Å². The summed E-state index contributed by atoms with van der Waals surface area (Å²) in [6.45, 7) is 10.1. The first-order valence-electron chi connectivity index (χ1n) is 13.9. The van der Waals surface area contributed by atoms with E-state index in [-0.39, 0.29) is 11.4 Å². The van der Waals surface area contributed by atoms with Crippen molar-refractivity contribution in [1.82, 2.24) is 0 Å². The second-order valence-corrected chi connectivity index (χ2v) is 10.9. The molecule has 2 heteroatoms. The highest BCUT2D eigenvalue weighted by Gasteiger charge is 2.40. The van der Waals surface area contributed by atoms with Crippen molar-refractivity contribution in [3.63, 3.8) is 0 Å². The van der Waals surface area contributed by atoms with E-state index in [0.29, 0.717) is 12.2 Å². The maximum atomic E-state index is 12.0. The number of fused-ring (bicyclic) bond motifs is 6. The van der Waals surface area contributed by atoms with Crippen LogP contribution in [0.3, 0.4) is 0 Å². The standard InChI is InChI=1S/C38H30O2/c1-4-38(21-10-22-40-37(39)24(2)3)34-16-8-7-13-29(34)30-18-17-25(23-35(30)38)26-19-20-33-28-12-6-5-11-27(28)32-15-9-14-31(26)36(32)33/h4-9,11-20,23H,1-2,10,21-22H2,3H3.